The number of alkyl carbamates (subject to hydrolysis) is 1. The highest BCUT2D eigenvalue weighted by molar-refractivity contribution is 9.10. The molecule has 12 heteroatoms. The zero-order chi connectivity index (χ0) is 24.7. The number of nitrogens with zero attached hydrogens (tertiary/aromatic N) is 1. The van der Waals surface area contributed by atoms with Crippen LogP contribution in [-0.2, 0) is 14.8 Å². The Morgan fingerprint density at radius 1 is 1.15 bits per heavy atom. The van der Waals surface area contributed by atoms with Crippen LogP contribution in [0.3, 0.4) is 0 Å². The van der Waals surface area contributed by atoms with E-state index in [4.69, 9.17) is 11.6 Å². The molecule has 0 radical (unpaired) electrons. The average Bonchev–Trinajstić information content (AvgIpc) is 3.30. The molecule has 0 unspecified atom stereocenters. The number of aromatic amines is 1. The predicted molar refractivity (Wildman–Crippen MR) is 132 cm³/mol. The number of aromatic nitrogens is 2. The van der Waals surface area contributed by atoms with Crippen LogP contribution < -0.4 is 10.0 Å². The fourth-order valence-corrected chi connectivity index (χ4v) is 4.95. The number of ether oxygens (including phenoxy) is 1. The third-order valence-electron chi connectivity index (χ3n) is 4.89. The summed E-state index contributed by atoms with van der Waals surface area (Å²) >= 11 is 9.30. The number of nitrogens with one attached hydrogen (secondary N) is 3. The fraction of sp³-hybridized carbons (Fsp3) is 0.273. The lowest BCUT2D eigenvalue weighted by atomic mass is 10.2. The molecule has 3 N–H and O–H groups in total. The van der Waals surface area contributed by atoms with Crippen LogP contribution in [0.4, 0.5) is 9.18 Å². The van der Waals surface area contributed by atoms with Crippen molar-refractivity contribution in [3.8, 4) is 22.6 Å². The van der Waals surface area contributed by atoms with E-state index in [1.165, 1.54) is 25.3 Å². The monoisotopic (exact) mass is 572 g/mol. The zero-order valence-electron chi connectivity index (χ0n) is 18.2. The minimum absolute atomic E-state index is 0.0633. The summed E-state index contributed by atoms with van der Waals surface area (Å²) in [5, 5.41) is 2.65. The van der Waals surface area contributed by atoms with E-state index in [0.717, 1.165) is 0 Å². The number of hydrogen-bond donors (Lipinski definition) is 3. The van der Waals surface area contributed by atoms with E-state index in [1.807, 2.05) is 0 Å². The second-order valence-electron chi connectivity index (χ2n) is 7.29. The lowest BCUT2D eigenvalue weighted by Gasteiger charge is -2.10. The number of unbranched alkanes of at least 4 members (excludes halogenated alkanes) is 2. The molecular formula is C22H23BrClFN4O4S. The van der Waals surface area contributed by atoms with Crippen LogP contribution in [0.25, 0.3) is 22.6 Å². The first-order valence-electron chi connectivity index (χ1n) is 10.3. The Bertz CT molecular complexity index is 1270. The van der Waals surface area contributed by atoms with E-state index in [9.17, 15) is 17.6 Å². The molecule has 0 aliphatic carbocycles. The summed E-state index contributed by atoms with van der Waals surface area (Å²) in [6.07, 6.45) is 3.11. The lowest BCUT2D eigenvalue weighted by molar-refractivity contribution is 0.171. The molecule has 0 aliphatic heterocycles. The first-order valence-corrected chi connectivity index (χ1v) is 13.0. The number of H-pyrrole nitrogens is 1. The van der Waals surface area contributed by atoms with E-state index < -0.39 is 21.9 Å². The number of sulfonamides is 1. The smallest absolute Gasteiger partial charge is 0.406 e. The van der Waals surface area contributed by atoms with Gasteiger partial charge in [0, 0.05) is 30.4 Å². The third kappa shape index (κ3) is 6.78. The molecule has 0 spiro atoms. The molecule has 0 aliphatic rings. The van der Waals surface area contributed by atoms with Crippen molar-refractivity contribution in [3.05, 3.63) is 57.9 Å². The standard InChI is InChI=1S/C22H23BrClFN4O4S/c1-33-22(30)26-9-3-2-4-10-28-34(31,32)20-12-15(6-8-17(20)24)21-27-13-19(29-21)14-5-7-16(23)18(25)11-14/h5-8,11-13,28H,2-4,9-10H2,1H3,(H,26,30)(H,27,29). The molecule has 1 amide bonds. The number of hydrogen-bond acceptors (Lipinski definition) is 5. The average molecular weight is 574 g/mol. The number of rotatable bonds is 10. The van der Waals surface area contributed by atoms with Crippen LogP contribution in [-0.4, -0.2) is 44.7 Å². The fourth-order valence-electron chi connectivity index (χ4n) is 3.10. The number of halogens is 3. The minimum Gasteiger partial charge on any atom is -0.453 e. The molecule has 182 valence electrons. The van der Waals surface area contributed by atoms with Crippen LogP contribution in [0.5, 0.6) is 0 Å². The Morgan fingerprint density at radius 3 is 2.62 bits per heavy atom. The van der Waals surface area contributed by atoms with Gasteiger partial charge in [0.1, 0.15) is 16.5 Å². The normalized spacial score (nSPS) is 11.4. The van der Waals surface area contributed by atoms with Gasteiger partial charge in [-0.2, -0.15) is 0 Å². The van der Waals surface area contributed by atoms with Crippen LogP contribution in [0.2, 0.25) is 5.02 Å². The Labute approximate surface area is 210 Å². The van der Waals surface area contributed by atoms with Crippen molar-refractivity contribution < 1.29 is 22.3 Å². The van der Waals surface area contributed by atoms with Crippen molar-refractivity contribution in [2.24, 2.45) is 0 Å². The number of benzene rings is 2. The molecule has 1 heterocycles. The molecule has 0 saturated carbocycles. The highest BCUT2D eigenvalue weighted by Gasteiger charge is 2.19. The third-order valence-corrected chi connectivity index (χ3v) is 7.47. The van der Waals surface area contributed by atoms with Crippen molar-refractivity contribution in [2.45, 2.75) is 24.2 Å². The van der Waals surface area contributed by atoms with E-state index in [1.54, 1.807) is 24.4 Å². The Kier molecular flexibility index (Phi) is 9.06. The van der Waals surface area contributed by atoms with Crippen molar-refractivity contribution in [1.29, 1.82) is 0 Å². The van der Waals surface area contributed by atoms with Gasteiger partial charge >= 0.3 is 6.09 Å². The predicted octanol–water partition coefficient (Wildman–Crippen LogP) is 5.10. The number of methoxy groups -OCH3 is 1. The van der Waals surface area contributed by atoms with Crippen LogP contribution >= 0.6 is 27.5 Å². The maximum absolute atomic E-state index is 13.9. The first-order chi connectivity index (χ1) is 16.2. The molecule has 0 saturated heterocycles. The summed E-state index contributed by atoms with van der Waals surface area (Å²) < 4.78 is 46.8. The van der Waals surface area contributed by atoms with Gasteiger partial charge in [0.2, 0.25) is 10.0 Å². The molecule has 3 aromatic rings. The number of amides is 1. The van der Waals surface area contributed by atoms with E-state index in [-0.39, 0.29) is 16.5 Å². The van der Waals surface area contributed by atoms with Gasteiger partial charge in [-0.25, -0.2) is 27.3 Å². The Hall–Kier alpha value is -2.47. The molecule has 8 nitrogen and oxygen atoms in total. The van der Waals surface area contributed by atoms with Crippen LogP contribution in [0, 0.1) is 5.82 Å². The summed E-state index contributed by atoms with van der Waals surface area (Å²) in [5.41, 5.74) is 1.61. The van der Waals surface area contributed by atoms with E-state index >= 15 is 0 Å². The highest BCUT2D eigenvalue weighted by Crippen LogP contribution is 2.29. The van der Waals surface area contributed by atoms with Crippen molar-refractivity contribution in [1.82, 2.24) is 20.0 Å². The summed E-state index contributed by atoms with van der Waals surface area (Å²) in [5.74, 6) is 0.0114. The molecule has 1 aromatic heterocycles. The molecular weight excluding hydrogens is 551 g/mol. The number of carbonyl (C=O) groups is 1. The molecule has 3 rings (SSSR count). The summed E-state index contributed by atoms with van der Waals surface area (Å²) in [4.78, 5) is 18.4. The number of carbonyl (C=O) groups excluding carboxylic acids is 1. The molecule has 2 aromatic carbocycles. The molecule has 0 bridgehead atoms. The second-order valence-corrected chi connectivity index (χ2v) is 10.3. The van der Waals surface area contributed by atoms with Gasteiger partial charge in [0.25, 0.3) is 0 Å². The Balaban J connectivity index is 1.66. The summed E-state index contributed by atoms with van der Waals surface area (Å²) in [6.45, 7) is 0.673. The van der Waals surface area contributed by atoms with Gasteiger partial charge in [-0.15, -0.1) is 0 Å². The molecule has 0 atom stereocenters. The maximum atomic E-state index is 13.9. The van der Waals surface area contributed by atoms with Gasteiger partial charge in [0.05, 0.1) is 22.3 Å². The summed E-state index contributed by atoms with van der Waals surface area (Å²) in [6, 6.07) is 9.26. The van der Waals surface area contributed by atoms with Gasteiger partial charge < -0.3 is 15.0 Å². The zero-order valence-corrected chi connectivity index (χ0v) is 21.4. The number of imidazole rings is 1. The molecule has 0 fully saturated rings. The highest BCUT2D eigenvalue weighted by atomic mass is 79.9. The van der Waals surface area contributed by atoms with Crippen molar-refractivity contribution in [2.75, 3.05) is 20.2 Å². The van der Waals surface area contributed by atoms with Gasteiger partial charge in [-0.1, -0.05) is 24.1 Å². The quantitative estimate of drug-likeness (QED) is 0.292. The summed E-state index contributed by atoms with van der Waals surface area (Å²) in [7, 11) is -2.57. The second kappa shape index (κ2) is 11.8. The largest absolute Gasteiger partial charge is 0.453 e. The van der Waals surface area contributed by atoms with Gasteiger partial charge in [-0.05, 0) is 59.1 Å². The van der Waals surface area contributed by atoms with Crippen molar-refractivity contribution >= 4 is 43.6 Å². The minimum atomic E-state index is -3.86. The van der Waals surface area contributed by atoms with Crippen LogP contribution in [0.1, 0.15) is 19.3 Å². The van der Waals surface area contributed by atoms with E-state index in [0.29, 0.717) is 52.9 Å². The SMILES string of the molecule is COC(=O)NCCCCCNS(=O)(=O)c1cc(-c2nc(-c3ccc(Br)c(F)c3)c[nH]2)ccc1Cl. The lowest BCUT2D eigenvalue weighted by Crippen LogP contribution is -2.26. The van der Waals surface area contributed by atoms with Gasteiger partial charge in [-0.3, -0.25) is 0 Å². The van der Waals surface area contributed by atoms with E-state index in [2.05, 4.69) is 40.7 Å². The Morgan fingerprint density at radius 2 is 1.88 bits per heavy atom. The van der Waals surface area contributed by atoms with Crippen molar-refractivity contribution in [3.63, 3.8) is 0 Å². The van der Waals surface area contributed by atoms with Crippen LogP contribution in [0.15, 0.2) is 52.0 Å². The maximum Gasteiger partial charge on any atom is 0.406 e. The van der Waals surface area contributed by atoms with Gasteiger partial charge in [0.15, 0.2) is 0 Å². The topological polar surface area (TPSA) is 113 Å². The first kappa shape index (κ1) is 26.1. The molecule has 34 heavy (non-hydrogen) atoms.